The van der Waals surface area contributed by atoms with Crippen molar-refractivity contribution in [2.45, 2.75) is 13.2 Å². The van der Waals surface area contributed by atoms with E-state index in [-0.39, 0.29) is 11.5 Å². The maximum Gasteiger partial charge on any atom is 0.272 e. The molecule has 4 nitrogen and oxygen atoms in total. The molecule has 4 heteroatoms. The average molecular weight is 290 g/mol. The Bertz CT molecular complexity index is 929. The number of rotatable bonds is 2. The minimum absolute atomic E-state index is 0.0910. The Labute approximate surface area is 127 Å². The molecule has 0 saturated carbocycles. The lowest BCUT2D eigenvalue weighted by atomic mass is 10.1. The van der Waals surface area contributed by atoms with Crippen LogP contribution < -0.4 is 5.56 Å². The molecule has 0 aliphatic carbocycles. The Balaban J connectivity index is 1.77. The van der Waals surface area contributed by atoms with E-state index in [0.29, 0.717) is 24.3 Å². The average Bonchev–Trinajstić information content (AvgIpc) is 2.86. The summed E-state index contributed by atoms with van der Waals surface area (Å²) in [6.45, 7) is 0.823. The quantitative estimate of drug-likeness (QED) is 0.728. The van der Waals surface area contributed by atoms with E-state index in [0.717, 1.165) is 10.9 Å². The van der Waals surface area contributed by atoms with Gasteiger partial charge >= 0.3 is 0 Å². The lowest BCUT2D eigenvalue weighted by Gasteiger charge is -2.14. The van der Waals surface area contributed by atoms with Crippen LogP contribution in [0.15, 0.2) is 65.5 Å². The molecule has 2 aromatic carbocycles. The van der Waals surface area contributed by atoms with Crippen molar-refractivity contribution in [3.63, 3.8) is 0 Å². The Morgan fingerprint density at radius 3 is 2.45 bits per heavy atom. The van der Waals surface area contributed by atoms with Crippen LogP contribution in [0.25, 0.3) is 10.8 Å². The van der Waals surface area contributed by atoms with Crippen LogP contribution in [0, 0.1) is 0 Å². The number of hydrogen-bond acceptors (Lipinski definition) is 2. The van der Waals surface area contributed by atoms with Crippen molar-refractivity contribution in [3.05, 3.63) is 82.3 Å². The number of pyridine rings is 1. The van der Waals surface area contributed by atoms with Gasteiger partial charge in [-0.25, -0.2) is 0 Å². The summed E-state index contributed by atoms with van der Waals surface area (Å²) in [6.07, 6.45) is 0. The normalized spacial score (nSPS) is 13.6. The second kappa shape index (κ2) is 4.84. The third-order valence-corrected chi connectivity index (χ3v) is 4.05. The van der Waals surface area contributed by atoms with E-state index >= 15 is 0 Å². The molecule has 4 rings (SSSR count). The van der Waals surface area contributed by atoms with Gasteiger partial charge in [0.15, 0.2) is 0 Å². The van der Waals surface area contributed by atoms with Crippen molar-refractivity contribution >= 4 is 16.7 Å². The van der Waals surface area contributed by atoms with Gasteiger partial charge in [0.1, 0.15) is 12.4 Å². The molecule has 0 unspecified atom stereocenters. The number of aromatic nitrogens is 1. The lowest BCUT2D eigenvalue weighted by Crippen LogP contribution is -2.25. The van der Waals surface area contributed by atoms with E-state index in [2.05, 4.69) is 0 Å². The highest BCUT2D eigenvalue weighted by atomic mass is 16.2. The molecule has 1 aliphatic heterocycles. The fourth-order valence-corrected chi connectivity index (χ4v) is 2.94. The standard InChI is InChI=1S/C18H14N2O2/c21-17-15-9-5-4-8-14(15)10-16-18(22)19(12-20(16)17)11-13-6-2-1-3-7-13/h1-10H,11-12H2. The monoisotopic (exact) mass is 290 g/mol. The minimum atomic E-state index is -0.1000. The lowest BCUT2D eigenvalue weighted by molar-refractivity contribution is 0.0757. The summed E-state index contributed by atoms with van der Waals surface area (Å²) < 4.78 is 1.56. The molecule has 0 fully saturated rings. The first-order valence-electron chi connectivity index (χ1n) is 7.20. The van der Waals surface area contributed by atoms with Gasteiger partial charge in [-0.05, 0) is 23.1 Å². The van der Waals surface area contributed by atoms with Gasteiger partial charge in [0, 0.05) is 11.9 Å². The summed E-state index contributed by atoms with van der Waals surface area (Å²) in [5.74, 6) is -0.0910. The van der Waals surface area contributed by atoms with Crippen molar-refractivity contribution in [1.29, 1.82) is 0 Å². The van der Waals surface area contributed by atoms with Gasteiger partial charge in [-0.15, -0.1) is 0 Å². The molecule has 1 aromatic heterocycles. The summed E-state index contributed by atoms with van der Waals surface area (Å²) >= 11 is 0. The fourth-order valence-electron chi connectivity index (χ4n) is 2.94. The molecule has 0 bridgehead atoms. The molecule has 1 aliphatic rings. The molecule has 0 atom stereocenters. The summed E-state index contributed by atoms with van der Waals surface area (Å²) in [6, 6.07) is 19.0. The number of fused-ring (bicyclic) bond motifs is 2. The van der Waals surface area contributed by atoms with Crippen molar-refractivity contribution in [1.82, 2.24) is 9.47 Å². The molecular formula is C18H14N2O2. The Kier molecular flexibility index (Phi) is 2.82. The molecular weight excluding hydrogens is 276 g/mol. The molecule has 0 radical (unpaired) electrons. The van der Waals surface area contributed by atoms with Gasteiger partial charge in [0.25, 0.3) is 11.5 Å². The van der Waals surface area contributed by atoms with Gasteiger partial charge in [-0.1, -0.05) is 48.5 Å². The van der Waals surface area contributed by atoms with Crippen LogP contribution in [0.3, 0.4) is 0 Å². The summed E-state index contributed by atoms with van der Waals surface area (Å²) in [5, 5.41) is 1.47. The second-order valence-electron chi connectivity index (χ2n) is 5.48. The Morgan fingerprint density at radius 2 is 1.64 bits per heavy atom. The van der Waals surface area contributed by atoms with Crippen molar-refractivity contribution in [2.24, 2.45) is 0 Å². The Hall–Kier alpha value is -2.88. The molecule has 108 valence electrons. The van der Waals surface area contributed by atoms with Crippen LogP contribution in [0.5, 0.6) is 0 Å². The van der Waals surface area contributed by atoms with Crippen LogP contribution >= 0.6 is 0 Å². The van der Waals surface area contributed by atoms with Crippen LogP contribution in [-0.2, 0) is 13.2 Å². The molecule has 0 N–H and O–H groups in total. The van der Waals surface area contributed by atoms with E-state index in [1.165, 1.54) is 0 Å². The van der Waals surface area contributed by atoms with Gasteiger partial charge in [0.05, 0.1) is 0 Å². The van der Waals surface area contributed by atoms with E-state index in [9.17, 15) is 9.59 Å². The van der Waals surface area contributed by atoms with Crippen molar-refractivity contribution in [2.75, 3.05) is 0 Å². The number of amides is 1. The highest BCUT2D eigenvalue weighted by Gasteiger charge is 2.28. The molecule has 0 saturated heterocycles. The first-order valence-corrected chi connectivity index (χ1v) is 7.20. The van der Waals surface area contributed by atoms with Crippen LogP contribution in [0.2, 0.25) is 0 Å². The maximum absolute atomic E-state index is 12.6. The third-order valence-electron chi connectivity index (χ3n) is 4.05. The third kappa shape index (κ3) is 1.92. The summed E-state index contributed by atoms with van der Waals surface area (Å²) in [4.78, 5) is 26.8. The second-order valence-corrected chi connectivity index (χ2v) is 5.48. The topological polar surface area (TPSA) is 42.3 Å². The maximum atomic E-state index is 12.6. The van der Waals surface area contributed by atoms with Crippen LogP contribution in [0.4, 0.5) is 0 Å². The zero-order chi connectivity index (χ0) is 15.1. The van der Waals surface area contributed by atoms with Crippen LogP contribution in [-0.4, -0.2) is 15.4 Å². The smallest absolute Gasteiger partial charge is 0.272 e. The van der Waals surface area contributed by atoms with E-state index in [1.54, 1.807) is 15.5 Å². The number of hydrogen-bond donors (Lipinski definition) is 0. The largest absolute Gasteiger partial charge is 0.315 e. The predicted molar refractivity (Wildman–Crippen MR) is 84.5 cm³/mol. The summed E-state index contributed by atoms with van der Waals surface area (Å²) in [7, 11) is 0. The number of carbonyl (C=O) groups excluding carboxylic acids is 1. The van der Waals surface area contributed by atoms with Gasteiger partial charge in [-0.2, -0.15) is 0 Å². The number of carbonyl (C=O) groups is 1. The highest BCUT2D eigenvalue weighted by molar-refractivity contribution is 5.98. The fraction of sp³-hybridized carbons (Fsp3) is 0.111. The first-order chi connectivity index (χ1) is 10.7. The zero-order valence-corrected chi connectivity index (χ0v) is 11.9. The molecule has 2 heterocycles. The summed E-state index contributed by atoms with van der Waals surface area (Å²) in [5.41, 5.74) is 1.43. The van der Waals surface area contributed by atoms with E-state index in [1.807, 2.05) is 54.6 Å². The van der Waals surface area contributed by atoms with E-state index in [4.69, 9.17) is 0 Å². The number of benzene rings is 2. The Morgan fingerprint density at radius 1 is 0.909 bits per heavy atom. The predicted octanol–water partition coefficient (Wildman–Crippen LogP) is 2.62. The van der Waals surface area contributed by atoms with Gasteiger partial charge < -0.3 is 4.90 Å². The molecule has 3 aromatic rings. The van der Waals surface area contributed by atoms with Gasteiger partial charge in [0.2, 0.25) is 0 Å². The molecule has 0 spiro atoms. The van der Waals surface area contributed by atoms with Crippen molar-refractivity contribution < 1.29 is 4.79 Å². The highest BCUT2D eigenvalue weighted by Crippen LogP contribution is 2.20. The van der Waals surface area contributed by atoms with Crippen LogP contribution in [0.1, 0.15) is 16.1 Å². The first kappa shape index (κ1) is 12.8. The SMILES string of the molecule is O=C1c2cc3ccccc3c(=O)n2CN1Cc1ccccc1. The zero-order valence-electron chi connectivity index (χ0n) is 11.9. The minimum Gasteiger partial charge on any atom is -0.315 e. The number of nitrogens with zero attached hydrogens (tertiary/aromatic N) is 2. The van der Waals surface area contributed by atoms with Crippen molar-refractivity contribution in [3.8, 4) is 0 Å². The molecule has 22 heavy (non-hydrogen) atoms. The molecule has 1 amide bonds. The van der Waals surface area contributed by atoms with Gasteiger partial charge in [-0.3, -0.25) is 14.2 Å². The van der Waals surface area contributed by atoms with E-state index < -0.39 is 0 Å².